The van der Waals surface area contributed by atoms with E-state index in [4.69, 9.17) is 0 Å². The van der Waals surface area contributed by atoms with Gasteiger partial charge in [-0.25, -0.2) is 0 Å². The largest absolute Gasteiger partial charge is 0.339 e. The molecule has 2 rings (SSSR count). The van der Waals surface area contributed by atoms with Gasteiger partial charge in [-0.05, 0) is 44.5 Å². The zero-order valence-corrected chi connectivity index (χ0v) is 13.5. The van der Waals surface area contributed by atoms with Crippen LogP contribution >= 0.6 is 15.9 Å². The molecule has 1 aromatic rings. The van der Waals surface area contributed by atoms with Crippen LogP contribution in [0.25, 0.3) is 0 Å². The van der Waals surface area contributed by atoms with Crippen molar-refractivity contribution in [2.45, 2.75) is 33.2 Å². The third-order valence-electron chi connectivity index (χ3n) is 3.58. The smallest absolute Gasteiger partial charge is 0.229 e. The van der Waals surface area contributed by atoms with Gasteiger partial charge in [0.15, 0.2) is 0 Å². The van der Waals surface area contributed by atoms with Gasteiger partial charge in [-0.1, -0.05) is 15.9 Å². The molecule has 0 aliphatic carbocycles. The molecular weight excluding hydrogens is 320 g/mol. The van der Waals surface area contributed by atoms with Gasteiger partial charge < -0.3 is 10.2 Å². The van der Waals surface area contributed by atoms with E-state index in [1.165, 1.54) is 0 Å². The summed E-state index contributed by atoms with van der Waals surface area (Å²) in [6.45, 7) is 6.42. The predicted octanol–water partition coefficient (Wildman–Crippen LogP) is 2.95. The summed E-state index contributed by atoms with van der Waals surface area (Å²) < 4.78 is 1.01. The third kappa shape index (κ3) is 3.20. The van der Waals surface area contributed by atoms with Crippen LogP contribution in [-0.2, 0) is 9.59 Å². The van der Waals surface area contributed by atoms with Crippen LogP contribution in [-0.4, -0.2) is 29.3 Å². The molecular formula is C15H19BrN2O2. The second-order valence-corrected chi connectivity index (χ2v) is 6.35. The molecule has 1 aromatic carbocycles. The molecule has 1 heterocycles. The fraction of sp³-hybridized carbons (Fsp3) is 0.467. The first-order valence-electron chi connectivity index (χ1n) is 6.75. The molecule has 20 heavy (non-hydrogen) atoms. The van der Waals surface area contributed by atoms with Crippen LogP contribution in [0.3, 0.4) is 0 Å². The summed E-state index contributed by atoms with van der Waals surface area (Å²) in [6.07, 6.45) is 0.305. The summed E-state index contributed by atoms with van der Waals surface area (Å²) in [6, 6.07) is 5.83. The Morgan fingerprint density at radius 1 is 1.45 bits per heavy atom. The second-order valence-electron chi connectivity index (χ2n) is 5.49. The molecule has 1 unspecified atom stereocenters. The minimum absolute atomic E-state index is 0.0622. The maximum atomic E-state index is 12.2. The van der Waals surface area contributed by atoms with Crippen molar-refractivity contribution in [2.75, 3.05) is 11.9 Å². The number of hydrogen-bond acceptors (Lipinski definition) is 2. The Hall–Kier alpha value is -1.36. The van der Waals surface area contributed by atoms with Crippen molar-refractivity contribution in [3.8, 4) is 0 Å². The molecule has 0 spiro atoms. The molecule has 1 aliphatic rings. The van der Waals surface area contributed by atoms with E-state index in [2.05, 4.69) is 21.2 Å². The normalized spacial score (nSPS) is 18.8. The predicted molar refractivity (Wildman–Crippen MR) is 82.5 cm³/mol. The summed E-state index contributed by atoms with van der Waals surface area (Å²) in [5.41, 5.74) is 1.83. The lowest BCUT2D eigenvalue weighted by atomic mass is 10.1. The van der Waals surface area contributed by atoms with Gasteiger partial charge in [-0.15, -0.1) is 0 Å². The van der Waals surface area contributed by atoms with Crippen LogP contribution in [0.2, 0.25) is 0 Å². The SMILES string of the molecule is Cc1cc(NC(=O)C2CC(=O)N(C(C)C)C2)ccc1Br. The Morgan fingerprint density at radius 3 is 2.70 bits per heavy atom. The van der Waals surface area contributed by atoms with Crippen molar-refractivity contribution in [2.24, 2.45) is 5.92 Å². The topological polar surface area (TPSA) is 49.4 Å². The number of anilines is 1. The van der Waals surface area contributed by atoms with Gasteiger partial charge in [0.25, 0.3) is 0 Å². The Labute approximate surface area is 127 Å². The quantitative estimate of drug-likeness (QED) is 0.921. The lowest BCUT2D eigenvalue weighted by molar-refractivity contribution is -0.129. The zero-order valence-electron chi connectivity index (χ0n) is 11.9. The first-order valence-corrected chi connectivity index (χ1v) is 7.54. The molecule has 0 bridgehead atoms. The van der Waals surface area contributed by atoms with Crippen LogP contribution in [0.15, 0.2) is 22.7 Å². The third-order valence-corrected chi connectivity index (χ3v) is 4.47. The molecule has 4 nitrogen and oxygen atoms in total. The molecule has 0 aromatic heterocycles. The van der Waals surface area contributed by atoms with E-state index in [1.807, 2.05) is 39.0 Å². The Bertz CT molecular complexity index is 543. The number of nitrogens with one attached hydrogen (secondary N) is 1. The van der Waals surface area contributed by atoms with Crippen molar-refractivity contribution in [1.82, 2.24) is 4.90 Å². The molecule has 1 N–H and O–H groups in total. The Balaban J connectivity index is 2.02. The summed E-state index contributed by atoms with van der Waals surface area (Å²) >= 11 is 3.43. The van der Waals surface area contributed by atoms with Crippen molar-refractivity contribution in [3.05, 3.63) is 28.2 Å². The highest BCUT2D eigenvalue weighted by atomic mass is 79.9. The van der Waals surface area contributed by atoms with Crippen molar-refractivity contribution < 1.29 is 9.59 Å². The highest BCUT2D eigenvalue weighted by molar-refractivity contribution is 9.10. The van der Waals surface area contributed by atoms with E-state index in [0.717, 1.165) is 15.7 Å². The number of nitrogens with zero attached hydrogens (tertiary/aromatic N) is 1. The Kier molecular flexibility index (Phi) is 4.48. The minimum atomic E-state index is -0.256. The maximum Gasteiger partial charge on any atom is 0.229 e. The van der Waals surface area contributed by atoms with E-state index in [-0.39, 0.29) is 23.8 Å². The summed E-state index contributed by atoms with van der Waals surface area (Å²) in [5, 5.41) is 2.89. The second kappa shape index (κ2) is 5.95. The maximum absolute atomic E-state index is 12.2. The monoisotopic (exact) mass is 338 g/mol. The molecule has 2 amide bonds. The van der Waals surface area contributed by atoms with Crippen LogP contribution in [0, 0.1) is 12.8 Å². The standard InChI is InChI=1S/C15H19BrN2O2/c1-9(2)18-8-11(7-14(18)19)15(20)17-12-4-5-13(16)10(3)6-12/h4-6,9,11H,7-8H2,1-3H3,(H,17,20). The van der Waals surface area contributed by atoms with E-state index >= 15 is 0 Å². The van der Waals surface area contributed by atoms with Gasteiger partial charge in [0.1, 0.15) is 0 Å². The first kappa shape index (κ1) is 15.0. The lowest BCUT2D eigenvalue weighted by Gasteiger charge is -2.20. The minimum Gasteiger partial charge on any atom is -0.339 e. The van der Waals surface area contributed by atoms with E-state index in [0.29, 0.717) is 13.0 Å². The van der Waals surface area contributed by atoms with Crippen molar-refractivity contribution in [1.29, 1.82) is 0 Å². The molecule has 1 saturated heterocycles. The average molecular weight is 339 g/mol. The van der Waals surface area contributed by atoms with Gasteiger partial charge >= 0.3 is 0 Å². The van der Waals surface area contributed by atoms with Gasteiger partial charge in [-0.3, -0.25) is 9.59 Å². The number of likely N-dealkylation sites (tertiary alicyclic amines) is 1. The van der Waals surface area contributed by atoms with E-state index < -0.39 is 0 Å². The van der Waals surface area contributed by atoms with Gasteiger partial charge in [0.05, 0.1) is 5.92 Å². The fourth-order valence-corrected chi connectivity index (χ4v) is 2.62. The molecule has 5 heteroatoms. The average Bonchev–Trinajstić information content (AvgIpc) is 2.76. The highest BCUT2D eigenvalue weighted by Gasteiger charge is 2.35. The van der Waals surface area contributed by atoms with Gasteiger partial charge in [0, 0.05) is 29.2 Å². The lowest BCUT2D eigenvalue weighted by Crippen LogP contribution is -2.33. The van der Waals surface area contributed by atoms with Crippen LogP contribution in [0.4, 0.5) is 5.69 Å². The van der Waals surface area contributed by atoms with Crippen molar-refractivity contribution in [3.63, 3.8) is 0 Å². The van der Waals surface area contributed by atoms with Crippen LogP contribution in [0.1, 0.15) is 25.8 Å². The first-order chi connectivity index (χ1) is 9.38. The number of carbonyl (C=O) groups is 2. The summed E-state index contributed by atoms with van der Waals surface area (Å²) in [7, 11) is 0. The number of carbonyl (C=O) groups excluding carboxylic acids is 2. The van der Waals surface area contributed by atoms with E-state index in [9.17, 15) is 9.59 Å². The van der Waals surface area contributed by atoms with E-state index in [1.54, 1.807) is 4.90 Å². The molecule has 1 atom stereocenters. The summed E-state index contributed by atoms with van der Waals surface area (Å²) in [4.78, 5) is 25.8. The van der Waals surface area contributed by atoms with Gasteiger partial charge in [-0.2, -0.15) is 0 Å². The molecule has 0 radical (unpaired) electrons. The molecule has 1 aliphatic heterocycles. The number of rotatable bonds is 3. The molecule has 108 valence electrons. The summed E-state index contributed by atoms with van der Waals surface area (Å²) in [5.74, 6) is -0.274. The van der Waals surface area contributed by atoms with Gasteiger partial charge in [0.2, 0.25) is 11.8 Å². The number of amides is 2. The fourth-order valence-electron chi connectivity index (χ4n) is 2.37. The number of aryl methyl sites for hydroxylation is 1. The molecule has 0 saturated carbocycles. The highest BCUT2D eigenvalue weighted by Crippen LogP contribution is 2.24. The number of halogens is 1. The number of hydrogen-bond donors (Lipinski definition) is 1. The number of benzene rings is 1. The van der Waals surface area contributed by atoms with Crippen LogP contribution in [0.5, 0.6) is 0 Å². The van der Waals surface area contributed by atoms with Crippen LogP contribution < -0.4 is 5.32 Å². The zero-order chi connectivity index (χ0) is 14.9. The molecule has 1 fully saturated rings. The Morgan fingerprint density at radius 2 is 2.15 bits per heavy atom. The van der Waals surface area contributed by atoms with Crippen molar-refractivity contribution >= 4 is 33.4 Å².